The minimum absolute atomic E-state index is 0.242. The Morgan fingerprint density at radius 2 is 2.00 bits per heavy atom. The molecule has 1 aromatic carbocycles. The number of rotatable bonds is 2. The van der Waals surface area contributed by atoms with Crippen molar-refractivity contribution in [3.63, 3.8) is 0 Å². The normalized spacial score (nSPS) is 18.1. The summed E-state index contributed by atoms with van der Waals surface area (Å²) in [6, 6.07) is 5.59. The van der Waals surface area contributed by atoms with Crippen LogP contribution in [0.5, 0.6) is 0 Å². The minimum Gasteiger partial charge on any atom is -0.364 e. The van der Waals surface area contributed by atoms with Crippen LogP contribution in [-0.4, -0.2) is 18.3 Å². The van der Waals surface area contributed by atoms with Crippen LogP contribution in [0.3, 0.4) is 0 Å². The van der Waals surface area contributed by atoms with Crippen LogP contribution in [-0.2, 0) is 5.75 Å². The highest BCUT2D eigenvalue weighted by molar-refractivity contribution is 8.13. The van der Waals surface area contributed by atoms with E-state index >= 15 is 0 Å². The van der Waals surface area contributed by atoms with Crippen LogP contribution in [0.2, 0.25) is 10.0 Å². The molecule has 0 bridgehead atoms. The van der Waals surface area contributed by atoms with Crippen LogP contribution < -0.4 is 5.32 Å². The summed E-state index contributed by atoms with van der Waals surface area (Å²) in [4.78, 5) is 4.54. The predicted octanol–water partition coefficient (Wildman–Crippen LogP) is 4.21. The molecule has 1 N–H and O–H groups in total. The molecule has 0 fully saturated rings. The highest BCUT2D eigenvalue weighted by Gasteiger charge is 2.22. The van der Waals surface area contributed by atoms with E-state index in [4.69, 9.17) is 23.2 Å². The highest BCUT2D eigenvalue weighted by Crippen LogP contribution is 2.29. The summed E-state index contributed by atoms with van der Waals surface area (Å²) >= 11 is 13.9. The molecule has 1 heterocycles. The van der Waals surface area contributed by atoms with Gasteiger partial charge in [0, 0.05) is 34.3 Å². The third-order valence-corrected chi connectivity index (χ3v) is 4.47. The molecule has 0 amide bonds. The molecule has 2 nitrogen and oxygen atoms in total. The van der Waals surface area contributed by atoms with Crippen LogP contribution in [0.25, 0.3) is 0 Å². The summed E-state index contributed by atoms with van der Waals surface area (Å²) in [7, 11) is 0. The fourth-order valence-corrected chi connectivity index (χ4v) is 3.23. The molecule has 0 saturated carbocycles. The lowest BCUT2D eigenvalue weighted by Crippen LogP contribution is -2.39. The Kier molecular flexibility index (Phi) is 4.46. The number of nitrogens with one attached hydrogen (secondary N) is 1. The van der Waals surface area contributed by atoms with Crippen molar-refractivity contribution in [2.75, 3.05) is 13.1 Å². The molecule has 2 rings (SSSR count). The first-order valence-corrected chi connectivity index (χ1v) is 7.56. The quantitative estimate of drug-likeness (QED) is 0.885. The van der Waals surface area contributed by atoms with Crippen LogP contribution in [0.4, 0.5) is 0 Å². The molecule has 5 heteroatoms. The number of hydrogen-bond donors (Lipinski definition) is 1. The third kappa shape index (κ3) is 3.56. The fourth-order valence-electron chi connectivity index (χ4n) is 1.62. The van der Waals surface area contributed by atoms with Crippen LogP contribution in [0.15, 0.2) is 23.2 Å². The van der Waals surface area contributed by atoms with Crippen molar-refractivity contribution >= 4 is 40.1 Å². The van der Waals surface area contributed by atoms with Gasteiger partial charge < -0.3 is 5.32 Å². The molecule has 18 heavy (non-hydrogen) atoms. The van der Waals surface area contributed by atoms with Crippen LogP contribution in [0, 0.1) is 5.41 Å². The number of halogens is 2. The van der Waals surface area contributed by atoms with Gasteiger partial charge in [0.05, 0.1) is 0 Å². The smallest absolute Gasteiger partial charge is 0.156 e. The number of benzene rings is 1. The number of aliphatic imine (C=N–C) groups is 1. The molecule has 98 valence electrons. The zero-order chi connectivity index (χ0) is 13.2. The maximum absolute atomic E-state index is 6.13. The van der Waals surface area contributed by atoms with Gasteiger partial charge in [-0.15, -0.1) is 0 Å². The van der Waals surface area contributed by atoms with E-state index in [1.165, 1.54) is 0 Å². The molecule has 0 radical (unpaired) electrons. The largest absolute Gasteiger partial charge is 0.364 e. The average Bonchev–Trinajstić information content (AvgIpc) is 2.30. The molecule has 0 unspecified atom stereocenters. The monoisotopic (exact) mass is 302 g/mol. The molecule has 0 aromatic heterocycles. The van der Waals surface area contributed by atoms with E-state index in [1.807, 2.05) is 18.2 Å². The second kappa shape index (κ2) is 5.72. The Morgan fingerprint density at radius 1 is 1.33 bits per heavy atom. The fraction of sp³-hybridized carbons (Fsp3) is 0.462. The minimum atomic E-state index is 0.242. The van der Waals surface area contributed by atoms with Crippen molar-refractivity contribution in [3.05, 3.63) is 33.8 Å². The number of amidine groups is 1. The lowest BCUT2D eigenvalue weighted by atomic mass is 9.93. The topological polar surface area (TPSA) is 24.4 Å². The first kappa shape index (κ1) is 14.0. The summed E-state index contributed by atoms with van der Waals surface area (Å²) in [5.41, 5.74) is 1.21. The summed E-state index contributed by atoms with van der Waals surface area (Å²) in [6.07, 6.45) is 0. The van der Waals surface area contributed by atoms with Crippen molar-refractivity contribution in [1.29, 1.82) is 0 Å². The molecular weight excluding hydrogens is 287 g/mol. The van der Waals surface area contributed by atoms with Crippen LogP contribution >= 0.6 is 35.0 Å². The van der Waals surface area contributed by atoms with Gasteiger partial charge >= 0.3 is 0 Å². The Labute approximate surface area is 122 Å². The SMILES string of the molecule is CC1(C)CN=C(SCc2c(Cl)cccc2Cl)NC1. The van der Waals surface area contributed by atoms with Gasteiger partial charge in [-0.3, -0.25) is 4.99 Å². The average molecular weight is 303 g/mol. The number of nitrogens with zero attached hydrogens (tertiary/aromatic N) is 1. The van der Waals surface area contributed by atoms with Gasteiger partial charge in [0.25, 0.3) is 0 Å². The second-order valence-corrected chi connectivity index (χ2v) is 6.91. The van der Waals surface area contributed by atoms with Gasteiger partial charge in [0.1, 0.15) is 0 Å². The van der Waals surface area contributed by atoms with Crippen molar-refractivity contribution in [2.24, 2.45) is 10.4 Å². The first-order valence-electron chi connectivity index (χ1n) is 5.82. The van der Waals surface area contributed by atoms with Gasteiger partial charge in [-0.1, -0.05) is 54.9 Å². The van der Waals surface area contributed by atoms with Gasteiger partial charge in [-0.25, -0.2) is 0 Å². The van der Waals surface area contributed by atoms with E-state index in [9.17, 15) is 0 Å². The Bertz CT molecular complexity index is 452. The van der Waals surface area contributed by atoms with Crippen LogP contribution in [0.1, 0.15) is 19.4 Å². The summed E-state index contributed by atoms with van der Waals surface area (Å²) in [6.45, 7) is 6.22. The molecule has 1 aromatic rings. The Hall–Kier alpha value is -0.380. The second-order valence-electron chi connectivity index (χ2n) is 5.13. The molecule has 0 spiro atoms. The zero-order valence-corrected chi connectivity index (χ0v) is 12.8. The molecule has 0 saturated heterocycles. The van der Waals surface area contributed by atoms with Crippen molar-refractivity contribution in [3.8, 4) is 0 Å². The standard InChI is InChI=1S/C13H16Cl2N2S/c1-13(2)7-16-12(17-8-13)18-6-9-10(14)4-3-5-11(9)15/h3-5H,6-8H2,1-2H3,(H,16,17). The summed E-state index contributed by atoms with van der Waals surface area (Å²) in [5.74, 6) is 0.741. The number of hydrogen-bond acceptors (Lipinski definition) is 3. The lowest BCUT2D eigenvalue weighted by molar-refractivity contribution is 0.364. The van der Waals surface area contributed by atoms with E-state index in [0.29, 0.717) is 10.0 Å². The summed E-state index contributed by atoms with van der Waals surface area (Å²) in [5, 5.41) is 5.75. The zero-order valence-electron chi connectivity index (χ0n) is 10.5. The van der Waals surface area contributed by atoms with Crippen molar-refractivity contribution in [1.82, 2.24) is 5.32 Å². The number of thioether (sulfide) groups is 1. The van der Waals surface area contributed by atoms with Gasteiger partial charge in [-0.2, -0.15) is 0 Å². The van der Waals surface area contributed by atoms with E-state index in [2.05, 4.69) is 24.2 Å². The molecule has 1 aliphatic heterocycles. The van der Waals surface area contributed by atoms with Gasteiger partial charge in [0.2, 0.25) is 0 Å². The third-order valence-electron chi connectivity index (χ3n) is 2.78. The molecular formula is C13H16Cl2N2S. The van der Waals surface area contributed by atoms with E-state index in [-0.39, 0.29) is 5.41 Å². The first-order chi connectivity index (χ1) is 8.48. The Morgan fingerprint density at radius 3 is 2.56 bits per heavy atom. The summed E-state index contributed by atoms with van der Waals surface area (Å²) < 4.78 is 0. The maximum Gasteiger partial charge on any atom is 0.156 e. The molecule has 0 aliphatic carbocycles. The van der Waals surface area contributed by atoms with E-state index in [0.717, 1.165) is 29.6 Å². The molecule has 1 aliphatic rings. The molecule has 0 atom stereocenters. The van der Waals surface area contributed by atoms with Gasteiger partial charge in [0.15, 0.2) is 5.17 Å². The predicted molar refractivity (Wildman–Crippen MR) is 81.8 cm³/mol. The van der Waals surface area contributed by atoms with E-state index in [1.54, 1.807) is 11.8 Å². The maximum atomic E-state index is 6.13. The van der Waals surface area contributed by atoms with Crippen molar-refractivity contribution < 1.29 is 0 Å². The highest BCUT2D eigenvalue weighted by atomic mass is 35.5. The Balaban J connectivity index is 1.99. The van der Waals surface area contributed by atoms with Crippen molar-refractivity contribution in [2.45, 2.75) is 19.6 Å². The lowest BCUT2D eigenvalue weighted by Gasteiger charge is -2.28. The van der Waals surface area contributed by atoms with E-state index < -0.39 is 0 Å². The van der Waals surface area contributed by atoms with Gasteiger partial charge in [-0.05, 0) is 17.7 Å².